The van der Waals surface area contributed by atoms with Gasteiger partial charge < -0.3 is 10.6 Å². The first-order chi connectivity index (χ1) is 9.19. The Morgan fingerprint density at radius 1 is 1.58 bits per heavy atom. The van der Waals surface area contributed by atoms with Crippen LogP contribution in [0.15, 0.2) is 5.38 Å². The van der Waals surface area contributed by atoms with E-state index in [4.69, 9.17) is 0 Å². The first-order valence-corrected chi connectivity index (χ1v) is 7.67. The van der Waals surface area contributed by atoms with Crippen molar-refractivity contribution >= 4 is 22.4 Å². The lowest BCUT2D eigenvalue weighted by Crippen LogP contribution is -2.47. The van der Waals surface area contributed by atoms with Crippen molar-refractivity contribution in [2.75, 3.05) is 32.0 Å². The minimum atomic E-state index is 0.0392. The molecule has 0 radical (unpaired) electrons. The molecule has 1 atom stereocenters. The molecule has 0 aliphatic carbocycles. The van der Waals surface area contributed by atoms with Crippen LogP contribution in [0.2, 0.25) is 0 Å². The number of thiazole rings is 1. The highest BCUT2D eigenvalue weighted by Gasteiger charge is 2.23. The molecule has 1 aliphatic rings. The van der Waals surface area contributed by atoms with Crippen molar-refractivity contribution in [1.29, 1.82) is 0 Å². The third-order valence-corrected chi connectivity index (χ3v) is 4.28. The number of carbonyl (C=O) groups is 1. The molecule has 0 aromatic carbocycles. The van der Waals surface area contributed by atoms with Gasteiger partial charge in [0.05, 0.1) is 12.2 Å². The van der Waals surface area contributed by atoms with E-state index in [0.29, 0.717) is 17.7 Å². The Labute approximate surface area is 118 Å². The molecule has 1 saturated heterocycles. The molecule has 2 heterocycles. The van der Waals surface area contributed by atoms with Crippen molar-refractivity contribution in [3.63, 3.8) is 0 Å². The first-order valence-electron chi connectivity index (χ1n) is 6.79. The van der Waals surface area contributed by atoms with Gasteiger partial charge in [-0.2, -0.15) is 0 Å². The molecule has 106 valence electrons. The number of aromatic nitrogens is 1. The van der Waals surface area contributed by atoms with E-state index >= 15 is 0 Å². The zero-order chi connectivity index (χ0) is 13.7. The van der Waals surface area contributed by atoms with Gasteiger partial charge in [-0.15, -0.1) is 11.3 Å². The summed E-state index contributed by atoms with van der Waals surface area (Å²) in [5.74, 6) is 0.0392. The van der Waals surface area contributed by atoms with Crippen molar-refractivity contribution < 1.29 is 4.79 Å². The number of nitrogens with zero attached hydrogens (tertiary/aromatic N) is 2. The Morgan fingerprint density at radius 2 is 2.42 bits per heavy atom. The quantitative estimate of drug-likeness (QED) is 0.858. The van der Waals surface area contributed by atoms with E-state index in [0.717, 1.165) is 18.8 Å². The fourth-order valence-electron chi connectivity index (χ4n) is 2.49. The molecular formula is C13H22N4OS. The summed E-state index contributed by atoms with van der Waals surface area (Å²) in [7, 11) is 1.96. The van der Waals surface area contributed by atoms with Gasteiger partial charge in [-0.1, -0.05) is 6.42 Å². The number of rotatable bonds is 5. The van der Waals surface area contributed by atoms with Gasteiger partial charge in [0.1, 0.15) is 0 Å². The number of likely N-dealkylation sites (tertiary alicyclic amines) is 1. The van der Waals surface area contributed by atoms with Crippen LogP contribution in [0.25, 0.3) is 0 Å². The predicted octanol–water partition coefficient (Wildman–Crippen LogP) is 1.46. The summed E-state index contributed by atoms with van der Waals surface area (Å²) in [5.41, 5.74) is 0.950. The third kappa shape index (κ3) is 4.26. The number of likely N-dealkylation sites (N-methyl/N-ethyl adjacent to an activating group) is 1. The van der Waals surface area contributed by atoms with Crippen LogP contribution in [0, 0.1) is 6.92 Å². The normalized spacial score (nSPS) is 20.4. The average molecular weight is 282 g/mol. The summed E-state index contributed by atoms with van der Waals surface area (Å²) in [6, 6.07) is 0.475. The molecule has 1 aromatic rings. The Hall–Kier alpha value is -0.980. The number of amides is 1. The monoisotopic (exact) mass is 282 g/mol. The van der Waals surface area contributed by atoms with Gasteiger partial charge in [-0.3, -0.25) is 9.69 Å². The molecule has 6 heteroatoms. The molecule has 5 nitrogen and oxygen atoms in total. The topological polar surface area (TPSA) is 57.3 Å². The van der Waals surface area contributed by atoms with Gasteiger partial charge in [0.2, 0.25) is 5.91 Å². The van der Waals surface area contributed by atoms with Crippen LogP contribution >= 0.6 is 11.3 Å². The van der Waals surface area contributed by atoms with Crippen molar-refractivity contribution in [3.8, 4) is 0 Å². The van der Waals surface area contributed by atoms with Crippen LogP contribution < -0.4 is 10.6 Å². The molecule has 1 aliphatic heterocycles. The van der Waals surface area contributed by atoms with Gasteiger partial charge in [0.25, 0.3) is 0 Å². The zero-order valence-corrected chi connectivity index (χ0v) is 12.4. The predicted molar refractivity (Wildman–Crippen MR) is 78.6 cm³/mol. The van der Waals surface area contributed by atoms with Crippen LogP contribution in [0.3, 0.4) is 0 Å². The number of piperidine rings is 1. The highest BCUT2D eigenvalue weighted by atomic mass is 32.1. The number of hydrogen-bond acceptors (Lipinski definition) is 5. The minimum Gasteiger partial charge on any atom is -0.318 e. The van der Waals surface area contributed by atoms with Crippen molar-refractivity contribution in [1.82, 2.24) is 15.2 Å². The van der Waals surface area contributed by atoms with E-state index in [9.17, 15) is 4.79 Å². The van der Waals surface area contributed by atoms with Crippen molar-refractivity contribution in [2.45, 2.75) is 32.2 Å². The van der Waals surface area contributed by atoms with Crippen LogP contribution in [0.5, 0.6) is 0 Å². The number of anilines is 1. The maximum absolute atomic E-state index is 12.0. The lowest BCUT2D eigenvalue weighted by molar-refractivity contribution is -0.118. The molecule has 0 spiro atoms. The highest BCUT2D eigenvalue weighted by Crippen LogP contribution is 2.17. The van der Waals surface area contributed by atoms with Crippen LogP contribution in [0.4, 0.5) is 5.13 Å². The van der Waals surface area contributed by atoms with E-state index in [1.54, 1.807) is 0 Å². The molecule has 1 unspecified atom stereocenters. The van der Waals surface area contributed by atoms with Gasteiger partial charge in [-0.25, -0.2) is 4.98 Å². The summed E-state index contributed by atoms with van der Waals surface area (Å²) < 4.78 is 0. The molecule has 2 rings (SSSR count). The van der Waals surface area contributed by atoms with Gasteiger partial charge in [0.15, 0.2) is 5.13 Å². The Kier molecular flexibility index (Phi) is 5.30. The van der Waals surface area contributed by atoms with Crippen LogP contribution in [-0.4, -0.2) is 48.5 Å². The smallest absolute Gasteiger partial charge is 0.240 e. The van der Waals surface area contributed by atoms with E-state index in [2.05, 4.69) is 20.5 Å². The number of aryl methyl sites for hydroxylation is 1. The SMILES string of the molecule is CNCC1CCCCN1CC(=O)Nc1nc(C)cs1. The summed E-state index contributed by atoms with van der Waals surface area (Å²) >= 11 is 1.48. The van der Waals surface area contributed by atoms with Crippen molar-refractivity contribution in [2.24, 2.45) is 0 Å². The second kappa shape index (κ2) is 6.98. The Balaban J connectivity index is 1.86. The standard InChI is InChI=1S/C13H22N4OS/c1-10-9-19-13(15-10)16-12(18)8-17-6-4-3-5-11(17)7-14-2/h9,11,14H,3-8H2,1-2H3,(H,15,16,18). The van der Waals surface area contributed by atoms with Crippen LogP contribution in [0.1, 0.15) is 25.0 Å². The molecule has 1 amide bonds. The van der Waals surface area contributed by atoms with Gasteiger partial charge in [0, 0.05) is 18.0 Å². The molecule has 1 aromatic heterocycles. The molecule has 2 N–H and O–H groups in total. The number of carbonyl (C=O) groups excluding carboxylic acids is 1. The first kappa shape index (κ1) is 14.4. The Bertz CT molecular complexity index is 419. The summed E-state index contributed by atoms with van der Waals surface area (Å²) in [5, 5.41) is 8.73. The van der Waals surface area contributed by atoms with E-state index in [1.165, 1.54) is 30.6 Å². The fraction of sp³-hybridized carbons (Fsp3) is 0.692. The van der Waals surface area contributed by atoms with Crippen molar-refractivity contribution in [3.05, 3.63) is 11.1 Å². The number of hydrogen-bond donors (Lipinski definition) is 2. The summed E-state index contributed by atoms with van der Waals surface area (Å²) in [6.45, 7) is 4.35. The van der Waals surface area contributed by atoms with Crippen LogP contribution in [-0.2, 0) is 4.79 Å². The zero-order valence-electron chi connectivity index (χ0n) is 11.6. The summed E-state index contributed by atoms with van der Waals surface area (Å²) in [6.07, 6.45) is 3.62. The fourth-order valence-corrected chi connectivity index (χ4v) is 3.19. The molecule has 0 bridgehead atoms. The summed E-state index contributed by atoms with van der Waals surface area (Å²) in [4.78, 5) is 18.6. The highest BCUT2D eigenvalue weighted by molar-refractivity contribution is 7.13. The lowest BCUT2D eigenvalue weighted by atomic mass is 10.0. The van der Waals surface area contributed by atoms with E-state index in [-0.39, 0.29) is 5.91 Å². The largest absolute Gasteiger partial charge is 0.318 e. The molecular weight excluding hydrogens is 260 g/mol. The molecule has 19 heavy (non-hydrogen) atoms. The average Bonchev–Trinajstić information content (AvgIpc) is 2.77. The minimum absolute atomic E-state index is 0.0392. The maximum atomic E-state index is 12.0. The van der Waals surface area contributed by atoms with Gasteiger partial charge in [-0.05, 0) is 33.4 Å². The number of nitrogens with one attached hydrogen (secondary N) is 2. The van der Waals surface area contributed by atoms with Gasteiger partial charge >= 0.3 is 0 Å². The molecule has 1 fully saturated rings. The Morgan fingerprint density at radius 3 is 3.11 bits per heavy atom. The lowest BCUT2D eigenvalue weighted by Gasteiger charge is -2.34. The van der Waals surface area contributed by atoms with E-state index < -0.39 is 0 Å². The second-order valence-electron chi connectivity index (χ2n) is 5.02. The maximum Gasteiger partial charge on any atom is 0.240 e. The van der Waals surface area contributed by atoms with E-state index in [1.807, 2.05) is 19.4 Å². The third-order valence-electron chi connectivity index (χ3n) is 3.40. The molecule has 0 saturated carbocycles. The second-order valence-corrected chi connectivity index (χ2v) is 5.88.